The highest BCUT2D eigenvalue weighted by molar-refractivity contribution is 6.31. The molecule has 1 saturated carbocycles. The first-order valence-electron chi connectivity index (χ1n) is 5.56. The summed E-state index contributed by atoms with van der Waals surface area (Å²) in [6.45, 7) is 2.26. The maximum absolute atomic E-state index is 6.23. The van der Waals surface area contributed by atoms with Gasteiger partial charge < -0.3 is 0 Å². The quantitative estimate of drug-likeness (QED) is 0.669. The number of hydrogen-bond donors (Lipinski definition) is 0. The first kappa shape index (κ1) is 11.3. The summed E-state index contributed by atoms with van der Waals surface area (Å²) in [4.78, 5) is 0. The van der Waals surface area contributed by atoms with Crippen LogP contribution in [0, 0.1) is 11.8 Å². The monoisotopic (exact) mass is 242 g/mol. The van der Waals surface area contributed by atoms with Crippen LogP contribution in [0.15, 0.2) is 24.3 Å². The molecule has 2 heteroatoms. The molecule has 0 bridgehead atoms. The Morgan fingerprint density at radius 1 is 1.27 bits per heavy atom. The molecule has 1 aliphatic carbocycles. The lowest BCUT2D eigenvalue weighted by atomic mass is 9.91. The van der Waals surface area contributed by atoms with Crippen LogP contribution in [-0.4, -0.2) is 5.38 Å². The summed E-state index contributed by atoms with van der Waals surface area (Å²) in [6, 6.07) is 8.12. The van der Waals surface area contributed by atoms with Gasteiger partial charge in [-0.1, -0.05) is 36.7 Å². The van der Waals surface area contributed by atoms with E-state index in [-0.39, 0.29) is 0 Å². The predicted molar refractivity (Wildman–Crippen MR) is 66.7 cm³/mol. The van der Waals surface area contributed by atoms with E-state index in [0.717, 1.165) is 17.9 Å². The Morgan fingerprint density at radius 3 is 2.60 bits per heavy atom. The van der Waals surface area contributed by atoms with E-state index >= 15 is 0 Å². The number of hydrogen-bond acceptors (Lipinski definition) is 0. The van der Waals surface area contributed by atoms with E-state index in [2.05, 4.69) is 19.1 Å². The molecule has 0 aromatic heterocycles. The Balaban J connectivity index is 2.07. The van der Waals surface area contributed by atoms with Crippen molar-refractivity contribution < 1.29 is 0 Å². The molecule has 1 aromatic rings. The maximum Gasteiger partial charge on any atom is 0.0438 e. The SMILES string of the molecule is CC1C(Cl)CCC1Cc1ccccc1Cl. The molecular formula is C13H16Cl2. The summed E-state index contributed by atoms with van der Waals surface area (Å²) in [6.07, 6.45) is 3.46. The number of halogens is 2. The Hall–Kier alpha value is -0.200. The zero-order valence-corrected chi connectivity index (χ0v) is 10.4. The van der Waals surface area contributed by atoms with Gasteiger partial charge in [-0.15, -0.1) is 11.6 Å². The standard InChI is InChI=1S/C13H16Cl2/c1-9-10(6-7-12(9)14)8-11-4-2-3-5-13(11)15/h2-5,9-10,12H,6-8H2,1H3. The Morgan fingerprint density at radius 2 is 2.00 bits per heavy atom. The van der Waals surface area contributed by atoms with E-state index in [1.807, 2.05) is 12.1 Å². The fourth-order valence-corrected chi connectivity index (χ4v) is 2.97. The van der Waals surface area contributed by atoms with E-state index in [0.29, 0.717) is 17.2 Å². The number of alkyl halides is 1. The third-order valence-corrected chi connectivity index (χ3v) is 4.55. The highest BCUT2D eigenvalue weighted by Crippen LogP contribution is 2.38. The van der Waals surface area contributed by atoms with Crippen LogP contribution in [0.2, 0.25) is 5.02 Å². The van der Waals surface area contributed by atoms with Crippen molar-refractivity contribution in [2.45, 2.75) is 31.6 Å². The molecule has 82 valence electrons. The van der Waals surface area contributed by atoms with Gasteiger partial charge in [-0.05, 0) is 42.7 Å². The second kappa shape index (κ2) is 4.76. The third-order valence-electron chi connectivity index (χ3n) is 3.57. The zero-order chi connectivity index (χ0) is 10.8. The first-order valence-corrected chi connectivity index (χ1v) is 6.37. The van der Waals surface area contributed by atoms with Crippen molar-refractivity contribution in [2.24, 2.45) is 11.8 Å². The highest BCUT2D eigenvalue weighted by atomic mass is 35.5. The van der Waals surface area contributed by atoms with Crippen LogP contribution < -0.4 is 0 Å². The molecule has 0 spiro atoms. The fourth-order valence-electron chi connectivity index (χ4n) is 2.43. The van der Waals surface area contributed by atoms with Gasteiger partial charge in [0.2, 0.25) is 0 Å². The van der Waals surface area contributed by atoms with Crippen LogP contribution in [0.1, 0.15) is 25.3 Å². The molecule has 1 aromatic carbocycles. The van der Waals surface area contributed by atoms with Gasteiger partial charge in [0.1, 0.15) is 0 Å². The Bertz CT molecular complexity index is 335. The summed E-state index contributed by atoms with van der Waals surface area (Å²) in [7, 11) is 0. The molecule has 1 aliphatic rings. The van der Waals surface area contributed by atoms with Crippen molar-refractivity contribution in [3.05, 3.63) is 34.9 Å². The van der Waals surface area contributed by atoms with E-state index in [9.17, 15) is 0 Å². The molecule has 0 N–H and O–H groups in total. The van der Waals surface area contributed by atoms with E-state index in [1.165, 1.54) is 12.0 Å². The number of rotatable bonds is 2. The second-order valence-corrected chi connectivity index (χ2v) is 5.48. The van der Waals surface area contributed by atoms with Gasteiger partial charge in [0.05, 0.1) is 0 Å². The molecule has 1 fully saturated rings. The summed E-state index contributed by atoms with van der Waals surface area (Å²) in [5.41, 5.74) is 1.27. The van der Waals surface area contributed by atoms with Gasteiger partial charge in [-0.2, -0.15) is 0 Å². The lowest BCUT2D eigenvalue weighted by molar-refractivity contribution is 0.420. The highest BCUT2D eigenvalue weighted by Gasteiger charge is 2.31. The molecule has 3 unspecified atom stereocenters. The van der Waals surface area contributed by atoms with Crippen molar-refractivity contribution in [3.8, 4) is 0 Å². The molecule has 0 saturated heterocycles. The van der Waals surface area contributed by atoms with Crippen molar-refractivity contribution in [2.75, 3.05) is 0 Å². The van der Waals surface area contributed by atoms with Gasteiger partial charge in [0.25, 0.3) is 0 Å². The van der Waals surface area contributed by atoms with Crippen LogP contribution in [0.3, 0.4) is 0 Å². The molecule has 2 rings (SSSR count). The first-order chi connectivity index (χ1) is 7.18. The second-order valence-electron chi connectivity index (χ2n) is 4.51. The third kappa shape index (κ3) is 2.49. The van der Waals surface area contributed by atoms with E-state index in [1.54, 1.807) is 0 Å². The smallest absolute Gasteiger partial charge is 0.0438 e. The molecule has 3 atom stereocenters. The molecule has 0 radical (unpaired) electrons. The Kier molecular flexibility index (Phi) is 3.58. The molecule has 0 aliphatic heterocycles. The number of benzene rings is 1. The minimum absolute atomic E-state index is 0.359. The molecular weight excluding hydrogens is 227 g/mol. The van der Waals surface area contributed by atoms with Crippen LogP contribution >= 0.6 is 23.2 Å². The van der Waals surface area contributed by atoms with Gasteiger partial charge in [-0.3, -0.25) is 0 Å². The van der Waals surface area contributed by atoms with E-state index in [4.69, 9.17) is 23.2 Å². The van der Waals surface area contributed by atoms with Crippen molar-refractivity contribution >= 4 is 23.2 Å². The lowest BCUT2D eigenvalue weighted by Crippen LogP contribution is -2.13. The van der Waals surface area contributed by atoms with Gasteiger partial charge >= 0.3 is 0 Å². The van der Waals surface area contributed by atoms with Crippen molar-refractivity contribution in [1.29, 1.82) is 0 Å². The van der Waals surface area contributed by atoms with Crippen LogP contribution in [-0.2, 0) is 6.42 Å². The van der Waals surface area contributed by atoms with Crippen LogP contribution in [0.5, 0.6) is 0 Å². The van der Waals surface area contributed by atoms with Crippen LogP contribution in [0.25, 0.3) is 0 Å². The average molecular weight is 243 g/mol. The van der Waals surface area contributed by atoms with E-state index < -0.39 is 0 Å². The molecule has 15 heavy (non-hydrogen) atoms. The minimum Gasteiger partial charge on any atom is -0.123 e. The van der Waals surface area contributed by atoms with Crippen molar-refractivity contribution in [1.82, 2.24) is 0 Å². The van der Waals surface area contributed by atoms with Gasteiger partial charge in [0, 0.05) is 10.4 Å². The fraction of sp³-hybridized carbons (Fsp3) is 0.538. The summed E-state index contributed by atoms with van der Waals surface area (Å²) in [5, 5.41) is 1.25. The minimum atomic E-state index is 0.359. The average Bonchev–Trinajstić information content (AvgIpc) is 2.53. The largest absolute Gasteiger partial charge is 0.123 e. The molecule has 0 amide bonds. The maximum atomic E-state index is 6.23. The summed E-state index contributed by atoms with van der Waals surface area (Å²) in [5.74, 6) is 1.32. The summed E-state index contributed by atoms with van der Waals surface area (Å²) >= 11 is 12.4. The van der Waals surface area contributed by atoms with Gasteiger partial charge in [0.15, 0.2) is 0 Å². The van der Waals surface area contributed by atoms with Gasteiger partial charge in [-0.25, -0.2) is 0 Å². The van der Waals surface area contributed by atoms with Crippen LogP contribution in [0.4, 0.5) is 0 Å². The topological polar surface area (TPSA) is 0 Å². The Labute approximate surface area is 102 Å². The summed E-state index contributed by atoms with van der Waals surface area (Å²) < 4.78 is 0. The molecule has 0 nitrogen and oxygen atoms in total. The predicted octanol–water partition coefficient (Wildman–Crippen LogP) is 4.54. The van der Waals surface area contributed by atoms with Crippen molar-refractivity contribution in [3.63, 3.8) is 0 Å². The molecule has 0 heterocycles. The lowest BCUT2D eigenvalue weighted by Gasteiger charge is -2.17. The zero-order valence-electron chi connectivity index (χ0n) is 8.92. The normalized spacial score (nSPS) is 30.7.